The van der Waals surface area contributed by atoms with Crippen molar-refractivity contribution < 1.29 is 4.74 Å². The first-order valence-corrected chi connectivity index (χ1v) is 8.90. The third kappa shape index (κ3) is 4.31. The minimum atomic E-state index is 0.264. The predicted octanol–water partition coefficient (Wildman–Crippen LogP) is 5.83. The Labute approximate surface area is 150 Å². The highest BCUT2D eigenvalue weighted by molar-refractivity contribution is 9.11. The van der Waals surface area contributed by atoms with E-state index in [0.29, 0.717) is 0 Å². The molecule has 1 N–H and O–H groups in total. The number of methoxy groups -OCH3 is 1. The lowest BCUT2D eigenvalue weighted by atomic mass is 10.1. The van der Waals surface area contributed by atoms with Crippen LogP contribution in [0.15, 0.2) is 49.8 Å². The second kappa shape index (κ2) is 7.77. The maximum Gasteiger partial charge on any atom is 0.147 e. The minimum absolute atomic E-state index is 0.264. The smallest absolute Gasteiger partial charge is 0.147 e. The number of hydrogen-bond acceptors (Lipinski definition) is 2. The summed E-state index contributed by atoms with van der Waals surface area (Å²) >= 11 is 10.7. The lowest BCUT2D eigenvalue weighted by Gasteiger charge is -2.17. The quantitative estimate of drug-likeness (QED) is 0.584. The van der Waals surface area contributed by atoms with Gasteiger partial charge in [0.1, 0.15) is 5.75 Å². The van der Waals surface area contributed by atoms with Crippen LogP contribution in [0.2, 0.25) is 0 Å². The summed E-state index contributed by atoms with van der Waals surface area (Å²) in [5, 5.41) is 3.54. The fourth-order valence-corrected chi connectivity index (χ4v) is 4.35. The van der Waals surface area contributed by atoms with Gasteiger partial charge in [0.2, 0.25) is 0 Å². The molecule has 0 amide bonds. The number of nitrogens with one attached hydrogen (secondary N) is 1. The molecule has 0 aliphatic heterocycles. The first kappa shape index (κ1) is 17.0. The Morgan fingerprint density at radius 1 is 1.05 bits per heavy atom. The second-order valence-electron chi connectivity index (χ2n) is 4.72. The molecule has 0 unspecified atom stereocenters. The normalized spacial score (nSPS) is 12.2. The van der Waals surface area contributed by atoms with Gasteiger partial charge in [-0.3, -0.25) is 0 Å². The molecule has 0 saturated heterocycles. The van der Waals surface area contributed by atoms with Crippen molar-refractivity contribution in [2.45, 2.75) is 19.5 Å². The van der Waals surface area contributed by atoms with Gasteiger partial charge in [-0.1, -0.05) is 34.1 Å². The summed E-state index contributed by atoms with van der Waals surface area (Å²) in [6.07, 6.45) is 0. The number of rotatable bonds is 5. The van der Waals surface area contributed by atoms with E-state index in [1.165, 1.54) is 11.1 Å². The van der Waals surface area contributed by atoms with Crippen molar-refractivity contribution in [1.29, 1.82) is 0 Å². The Morgan fingerprint density at radius 2 is 1.67 bits per heavy atom. The number of hydrogen-bond donors (Lipinski definition) is 1. The van der Waals surface area contributed by atoms with Crippen LogP contribution in [0.5, 0.6) is 5.75 Å². The summed E-state index contributed by atoms with van der Waals surface area (Å²) < 4.78 is 8.35. The fourth-order valence-electron chi connectivity index (χ4n) is 2.12. The number of ether oxygens (including phenoxy) is 1. The molecule has 0 fully saturated rings. The summed E-state index contributed by atoms with van der Waals surface area (Å²) in [5.74, 6) is 0.817. The van der Waals surface area contributed by atoms with Crippen molar-refractivity contribution in [3.05, 3.63) is 60.9 Å². The molecule has 21 heavy (non-hydrogen) atoms. The largest absolute Gasteiger partial charge is 0.494 e. The Balaban J connectivity index is 2.08. The van der Waals surface area contributed by atoms with E-state index < -0.39 is 0 Å². The van der Waals surface area contributed by atoms with Gasteiger partial charge in [0.05, 0.1) is 16.1 Å². The van der Waals surface area contributed by atoms with E-state index in [0.717, 1.165) is 25.7 Å². The van der Waals surface area contributed by atoms with Crippen molar-refractivity contribution in [2.75, 3.05) is 7.11 Å². The van der Waals surface area contributed by atoms with Crippen LogP contribution in [0.3, 0.4) is 0 Å². The molecule has 0 saturated carbocycles. The van der Waals surface area contributed by atoms with Gasteiger partial charge < -0.3 is 10.1 Å². The monoisotopic (exact) mass is 475 g/mol. The molecule has 0 heterocycles. The van der Waals surface area contributed by atoms with E-state index in [4.69, 9.17) is 4.74 Å². The highest BCUT2D eigenvalue weighted by Gasteiger charge is 2.11. The van der Waals surface area contributed by atoms with E-state index >= 15 is 0 Å². The Kier molecular flexibility index (Phi) is 6.29. The van der Waals surface area contributed by atoms with Gasteiger partial charge in [0, 0.05) is 17.1 Å². The molecular formula is C16H16Br3NO. The van der Waals surface area contributed by atoms with Crippen LogP contribution in [0.4, 0.5) is 0 Å². The van der Waals surface area contributed by atoms with Crippen LogP contribution in [0.25, 0.3) is 0 Å². The van der Waals surface area contributed by atoms with Crippen molar-refractivity contribution in [3.8, 4) is 5.75 Å². The van der Waals surface area contributed by atoms with Gasteiger partial charge >= 0.3 is 0 Å². The molecule has 0 bridgehead atoms. The van der Waals surface area contributed by atoms with Crippen molar-refractivity contribution >= 4 is 47.8 Å². The number of halogens is 3. The summed E-state index contributed by atoms with van der Waals surface area (Å²) in [4.78, 5) is 0. The molecule has 2 rings (SSSR count). The van der Waals surface area contributed by atoms with Crippen LogP contribution in [0.1, 0.15) is 24.1 Å². The molecule has 2 aromatic carbocycles. The van der Waals surface area contributed by atoms with Crippen LogP contribution in [0, 0.1) is 0 Å². The SMILES string of the molecule is COc1c(Br)cc(CN[C@H](C)c2ccccc2Br)cc1Br. The van der Waals surface area contributed by atoms with Crippen LogP contribution in [-0.4, -0.2) is 7.11 Å². The highest BCUT2D eigenvalue weighted by Crippen LogP contribution is 2.34. The lowest BCUT2D eigenvalue weighted by Crippen LogP contribution is -2.18. The Hall–Kier alpha value is -0.360. The molecule has 2 aromatic rings. The predicted molar refractivity (Wildman–Crippen MR) is 97.8 cm³/mol. The molecule has 0 aliphatic rings. The average molecular weight is 478 g/mol. The molecule has 1 atom stereocenters. The van der Waals surface area contributed by atoms with Gasteiger partial charge in [-0.2, -0.15) is 0 Å². The third-order valence-corrected chi connectivity index (χ3v) is 5.15. The summed E-state index contributed by atoms with van der Waals surface area (Å²) in [5.41, 5.74) is 2.44. The van der Waals surface area contributed by atoms with Gasteiger partial charge in [-0.25, -0.2) is 0 Å². The number of benzene rings is 2. The fraction of sp³-hybridized carbons (Fsp3) is 0.250. The van der Waals surface area contributed by atoms with Crippen LogP contribution in [-0.2, 0) is 6.54 Å². The summed E-state index contributed by atoms with van der Waals surface area (Å²) in [6, 6.07) is 12.7. The molecule has 5 heteroatoms. The zero-order chi connectivity index (χ0) is 15.4. The zero-order valence-electron chi connectivity index (χ0n) is 11.8. The van der Waals surface area contributed by atoms with Crippen LogP contribution < -0.4 is 10.1 Å². The van der Waals surface area contributed by atoms with Gasteiger partial charge in [-0.05, 0) is 68.1 Å². The molecular weight excluding hydrogens is 462 g/mol. The second-order valence-corrected chi connectivity index (χ2v) is 7.28. The van der Waals surface area contributed by atoms with E-state index in [1.807, 2.05) is 6.07 Å². The molecule has 0 aliphatic carbocycles. The summed E-state index contributed by atoms with van der Waals surface area (Å²) in [7, 11) is 1.66. The van der Waals surface area contributed by atoms with Gasteiger partial charge in [0.25, 0.3) is 0 Å². The van der Waals surface area contributed by atoms with E-state index in [-0.39, 0.29) is 6.04 Å². The van der Waals surface area contributed by atoms with Crippen molar-refractivity contribution in [1.82, 2.24) is 5.32 Å². The van der Waals surface area contributed by atoms with E-state index in [1.54, 1.807) is 7.11 Å². The summed E-state index contributed by atoms with van der Waals surface area (Å²) in [6.45, 7) is 2.94. The van der Waals surface area contributed by atoms with E-state index in [9.17, 15) is 0 Å². The standard InChI is InChI=1S/C16H16Br3NO/c1-10(12-5-3-4-6-13(12)17)20-9-11-7-14(18)16(21-2)15(19)8-11/h3-8,10,20H,9H2,1-2H3/t10-/m1/s1. The highest BCUT2D eigenvalue weighted by atomic mass is 79.9. The van der Waals surface area contributed by atoms with E-state index in [2.05, 4.69) is 90.4 Å². The van der Waals surface area contributed by atoms with Gasteiger partial charge in [-0.15, -0.1) is 0 Å². The maximum absolute atomic E-state index is 5.32. The Bertz CT molecular complexity index is 608. The first-order chi connectivity index (χ1) is 10.0. The first-order valence-electron chi connectivity index (χ1n) is 6.52. The van der Waals surface area contributed by atoms with Crippen LogP contribution >= 0.6 is 47.8 Å². The minimum Gasteiger partial charge on any atom is -0.494 e. The molecule has 0 spiro atoms. The Morgan fingerprint density at radius 3 is 2.24 bits per heavy atom. The zero-order valence-corrected chi connectivity index (χ0v) is 16.5. The average Bonchev–Trinajstić information content (AvgIpc) is 2.45. The molecule has 112 valence electrons. The molecule has 0 aromatic heterocycles. The lowest BCUT2D eigenvalue weighted by molar-refractivity contribution is 0.409. The molecule has 2 nitrogen and oxygen atoms in total. The topological polar surface area (TPSA) is 21.3 Å². The van der Waals surface area contributed by atoms with Crippen molar-refractivity contribution in [2.24, 2.45) is 0 Å². The maximum atomic E-state index is 5.32. The molecule has 0 radical (unpaired) electrons. The van der Waals surface area contributed by atoms with Crippen molar-refractivity contribution in [3.63, 3.8) is 0 Å². The third-order valence-electron chi connectivity index (χ3n) is 3.25. The van der Waals surface area contributed by atoms with Gasteiger partial charge in [0.15, 0.2) is 0 Å².